The molecule has 2 amide bonds. The largest absolute Gasteiger partial charge is 0.312 e. The number of imide groups is 1. The number of carbonyl (C=O) groups is 2. The normalized spacial score (nSPS) is 27.1. The zero-order valence-electron chi connectivity index (χ0n) is 10.7. The Kier molecular flexibility index (Phi) is 2.32. The van der Waals surface area contributed by atoms with Gasteiger partial charge in [0.25, 0.3) is 11.8 Å². The molecule has 20 heavy (non-hydrogen) atoms. The highest BCUT2D eigenvalue weighted by molar-refractivity contribution is 8.16. The molecule has 0 spiro atoms. The van der Waals surface area contributed by atoms with E-state index in [9.17, 15) is 9.59 Å². The molecule has 2 atom stereocenters. The predicted molar refractivity (Wildman–Crippen MR) is 77.3 cm³/mol. The van der Waals surface area contributed by atoms with Crippen LogP contribution in [0, 0.1) is 6.92 Å². The Hall–Kier alpha value is -2.08. The summed E-state index contributed by atoms with van der Waals surface area (Å²) in [6.45, 7) is 1.94. The van der Waals surface area contributed by atoms with Crippen molar-refractivity contribution in [2.24, 2.45) is 4.99 Å². The van der Waals surface area contributed by atoms with Crippen LogP contribution in [0.2, 0.25) is 0 Å². The second kappa shape index (κ2) is 3.96. The van der Waals surface area contributed by atoms with E-state index in [4.69, 9.17) is 0 Å². The van der Waals surface area contributed by atoms with Crippen LogP contribution in [0.5, 0.6) is 0 Å². The molecule has 100 valence electrons. The van der Waals surface area contributed by atoms with Gasteiger partial charge in [0.2, 0.25) is 0 Å². The zero-order valence-corrected chi connectivity index (χ0v) is 11.5. The lowest BCUT2D eigenvalue weighted by Crippen LogP contribution is -2.39. The average molecular weight is 285 g/mol. The first kappa shape index (κ1) is 11.7. The SMILES string of the molecule is Cc1cccc(N2C(=O)[C@H]3N=C4SC=CN4[C@H]3C2=O)c1. The Morgan fingerprint density at radius 3 is 2.90 bits per heavy atom. The highest BCUT2D eigenvalue weighted by Gasteiger charge is 2.55. The summed E-state index contributed by atoms with van der Waals surface area (Å²) in [5, 5.41) is 2.62. The molecule has 3 aliphatic heterocycles. The fourth-order valence-corrected chi connectivity index (χ4v) is 3.56. The van der Waals surface area contributed by atoms with Crippen molar-refractivity contribution < 1.29 is 9.59 Å². The van der Waals surface area contributed by atoms with Crippen LogP contribution in [0.1, 0.15) is 5.56 Å². The van der Waals surface area contributed by atoms with Crippen LogP contribution < -0.4 is 4.90 Å². The summed E-state index contributed by atoms with van der Waals surface area (Å²) in [6.07, 6.45) is 1.82. The van der Waals surface area contributed by atoms with Crippen LogP contribution in [-0.2, 0) is 9.59 Å². The summed E-state index contributed by atoms with van der Waals surface area (Å²) < 4.78 is 0. The molecule has 0 radical (unpaired) electrons. The molecule has 1 fully saturated rings. The van der Waals surface area contributed by atoms with E-state index in [0.29, 0.717) is 5.69 Å². The number of amides is 2. The minimum Gasteiger partial charge on any atom is -0.312 e. The molecule has 0 aliphatic carbocycles. The maximum Gasteiger partial charge on any atom is 0.261 e. The van der Waals surface area contributed by atoms with Gasteiger partial charge in [-0.3, -0.25) is 9.59 Å². The number of aliphatic imine (C=N–C) groups is 1. The molecule has 0 bridgehead atoms. The highest BCUT2D eigenvalue weighted by Crippen LogP contribution is 2.37. The molecule has 1 aromatic rings. The smallest absolute Gasteiger partial charge is 0.261 e. The summed E-state index contributed by atoms with van der Waals surface area (Å²) in [6, 6.07) is 6.30. The predicted octanol–water partition coefficient (Wildman–Crippen LogP) is 1.50. The van der Waals surface area contributed by atoms with Gasteiger partial charge in [0.05, 0.1) is 5.69 Å². The summed E-state index contributed by atoms with van der Waals surface area (Å²) >= 11 is 1.45. The van der Waals surface area contributed by atoms with E-state index in [-0.39, 0.29) is 11.8 Å². The summed E-state index contributed by atoms with van der Waals surface area (Å²) in [4.78, 5) is 32.5. The lowest BCUT2D eigenvalue weighted by molar-refractivity contribution is -0.122. The fourth-order valence-electron chi connectivity index (χ4n) is 2.77. The molecule has 1 aromatic carbocycles. The number of rotatable bonds is 1. The number of benzene rings is 1. The van der Waals surface area contributed by atoms with Gasteiger partial charge in [0, 0.05) is 6.20 Å². The van der Waals surface area contributed by atoms with E-state index in [0.717, 1.165) is 10.7 Å². The van der Waals surface area contributed by atoms with Crippen LogP contribution in [-0.4, -0.2) is 34.0 Å². The molecule has 0 saturated carbocycles. The van der Waals surface area contributed by atoms with E-state index >= 15 is 0 Å². The van der Waals surface area contributed by atoms with Crippen molar-refractivity contribution in [2.45, 2.75) is 19.0 Å². The van der Waals surface area contributed by atoms with E-state index < -0.39 is 12.1 Å². The number of aryl methyl sites for hydroxylation is 1. The lowest BCUT2D eigenvalue weighted by atomic mass is 10.2. The summed E-state index contributed by atoms with van der Waals surface area (Å²) in [5.41, 5.74) is 1.64. The minimum absolute atomic E-state index is 0.198. The van der Waals surface area contributed by atoms with Crippen LogP contribution in [0.3, 0.4) is 0 Å². The van der Waals surface area contributed by atoms with Crippen molar-refractivity contribution >= 4 is 34.4 Å². The average Bonchev–Trinajstić information content (AvgIpc) is 3.03. The van der Waals surface area contributed by atoms with Crippen molar-refractivity contribution in [3.05, 3.63) is 41.4 Å². The third-order valence-electron chi connectivity index (χ3n) is 3.67. The van der Waals surface area contributed by atoms with Gasteiger partial charge in [-0.1, -0.05) is 23.9 Å². The van der Waals surface area contributed by atoms with Crippen LogP contribution in [0.25, 0.3) is 0 Å². The Morgan fingerprint density at radius 2 is 2.10 bits per heavy atom. The number of nitrogens with zero attached hydrogens (tertiary/aromatic N) is 3. The zero-order chi connectivity index (χ0) is 13.9. The van der Waals surface area contributed by atoms with Gasteiger partial charge in [-0.15, -0.1) is 0 Å². The lowest BCUT2D eigenvalue weighted by Gasteiger charge is -2.19. The number of hydrogen-bond acceptors (Lipinski definition) is 5. The molecule has 5 nitrogen and oxygen atoms in total. The second-order valence-electron chi connectivity index (χ2n) is 4.96. The first-order valence-corrected chi connectivity index (χ1v) is 7.19. The first-order chi connectivity index (χ1) is 9.66. The van der Waals surface area contributed by atoms with Gasteiger partial charge in [-0.25, -0.2) is 9.89 Å². The molecule has 3 heterocycles. The van der Waals surface area contributed by atoms with Crippen LogP contribution in [0.15, 0.2) is 40.9 Å². The van der Waals surface area contributed by atoms with Gasteiger partial charge in [-0.2, -0.15) is 0 Å². The summed E-state index contributed by atoms with van der Waals surface area (Å²) in [7, 11) is 0. The number of amidine groups is 1. The van der Waals surface area contributed by atoms with Gasteiger partial charge in [-0.05, 0) is 30.0 Å². The van der Waals surface area contributed by atoms with Crippen molar-refractivity contribution in [2.75, 3.05) is 4.90 Å². The molecule has 1 saturated heterocycles. The molecular weight excluding hydrogens is 274 g/mol. The van der Waals surface area contributed by atoms with E-state index in [1.165, 1.54) is 16.7 Å². The quantitative estimate of drug-likeness (QED) is 0.734. The number of hydrogen-bond donors (Lipinski definition) is 0. The molecule has 0 aromatic heterocycles. The number of carbonyl (C=O) groups excluding carboxylic acids is 2. The number of thioether (sulfide) groups is 1. The molecular formula is C14H11N3O2S. The standard InChI is InChI=1S/C14H11N3O2S/c1-8-3-2-4-9(7-8)17-12(18)10-11(13(17)19)16-5-6-20-14(16)15-10/h2-7,10-11H,1H3/t10-,11+/m0/s1. The van der Waals surface area contributed by atoms with E-state index in [2.05, 4.69) is 4.99 Å². The van der Waals surface area contributed by atoms with Crippen molar-refractivity contribution in [3.63, 3.8) is 0 Å². The molecule has 0 unspecified atom stereocenters. The monoisotopic (exact) mass is 285 g/mol. The summed E-state index contributed by atoms with van der Waals surface area (Å²) in [5.74, 6) is -0.432. The van der Waals surface area contributed by atoms with Crippen molar-refractivity contribution in [3.8, 4) is 0 Å². The van der Waals surface area contributed by atoms with Crippen LogP contribution in [0.4, 0.5) is 5.69 Å². The third kappa shape index (κ3) is 1.42. The Labute approximate surface area is 120 Å². The van der Waals surface area contributed by atoms with Gasteiger partial charge < -0.3 is 4.90 Å². The fraction of sp³-hybridized carbons (Fsp3) is 0.214. The highest BCUT2D eigenvalue weighted by atomic mass is 32.2. The number of anilines is 1. The first-order valence-electron chi connectivity index (χ1n) is 6.31. The van der Waals surface area contributed by atoms with Gasteiger partial charge >= 0.3 is 0 Å². The molecule has 3 aliphatic rings. The minimum atomic E-state index is -0.601. The Bertz CT molecular complexity index is 697. The van der Waals surface area contributed by atoms with Crippen molar-refractivity contribution in [1.29, 1.82) is 0 Å². The topological polar surface area (TPSA) is 53.0 Å². The molecule has 0 N–H and O–H groups in total. The Morgan fingerprint density at radius 1 is 1.25 bits per heavy atom. The molecule has 4 rings (SSSR count). The Balaban J connectivity index is 1.76. The maximum atomic E-state index is 12.6. The van der Waals surface area contributed by atoms with Gasteiger partial charge in [0.1, 0.15) is 6.04 Å². The van der Waals surface area contributed by atoms with Crippen LogP contribution >= 0.6 is 11.8 Å². The maximum absolute atomic E-state index is 12.6. The van der Waals surface area contributed by atoms with E-state index in [1.54, 1.807) is 11.0 Å². The molecule has 6 heteroatoms. The third-order valence-corrected chi connectivity index (χ3v) is 4.46. The number of fused-ring (bicyclic) bond motifs is 3. The van der Waals surface area contributed by atoms with Crippen molar-refractivity contribution in [1.82, 2.24) is 4.90 Å². The van der Waals surface area contributed by atoms with E-state index in [1.807, 2.05) is 36.7 Å². The second-order valence-corrected chi connectivity index (χ2v) is 5.84. The van der Waals surface area contributed by atoms with Gasteiger partial charge in [0.15, 0.2) is 11.2 Å².